The number of hydrogen-bond acceptors (Lipinski definition) is 4. The maximum atomic E-state index is 12.9. The molecular weight excluding hydrogens is 282 g/mol. The van der Waals surface area contributed by atoms with Crippen molar-refractivity contribution in [3.05, 3.63) is 22.5 Å². The fraction of sp³-hybridized carbons (Fsp3) is 0.625. The molecular formula is C16H23N3O3. The van der Waals surface area contributed by atoms with Gasteiger partial charge in [0, 0.05) is 44.8 Å². The Morgan fingerprint density at radius 3 is 2.64 bits per heavy atom. The first-order chi connectivity index (χ1) is 10.6. The molecule has 1 fully saturated rings. The third-order valence-corrected chi connectivity index (χ3v) is 4.69. The number of carbonyl (C=O) groups is 2. The molecule has 22 heavy (non-hydrogen) atoms. The Hall–Kier alpha value is -1.66. The van der Waals surface area contributed by atoms with E-state index in [9.17, 15) is 9.59 Å². The van der Waals surface area contributed by atoms with Crippen molar-refractivity contribution in [1.29, 1.82) is 0 Å². The Morgan fingerprint density at radius 1 is 1.23 bits per heavy atom. The summed E-state index contributed by atoms with van der Waals surface area (Å²) in [5, 5.41) is 8.98. The number of H-pyrrole nitrogens is 1. The van der Waals surface area contributed by atoms with E-state index in [4.69, 9.17) is 5.11 Å². The van der Waals surface area contributed by atoms with Gasteiger partial charge in [0.1, 0.15) is 0 Å². The van der Waals surface area contributed by atoms with E-state index in [0.29, 0.717) is 37.3 Å². The number of rotatable bonds is 3. The van der Waals surface area contributed by atoms with E-state index < -0.39 is 0 Å². The summed E-state index contributed by atoms with van der Waals surface area (Å²) in [5.41, 5.74) is 3.07. The monoisotopic (exact) mass is 305 g/mol. The number of fused-ring (bicyclic) bond motifs is 1. The van der Waals surface area contributed by atoms with Crippen LogP contribution in [-0.2, 0) is 6.42 Å². The minimum absolute atomic E-state index is 0.0355. The van der Waals surface area contributed by atoms with Gasteiger partial charge >= 0.3 is 0 Å². The van der Waals surface area contributed by atoms with Crippen molar-refractivity contribution in [2.24, 2.45) is 0 Å². The fourth-order valence-electron chi connectivity index (χ4n) is 3.48. The van der Waals surface area contributed by atoms with Crippen LogP contribution in [0.2, 0.25) is 0 Å². The van der Waals surface area contributed by atoms with Crippen LogP contribution in [0.5, 0.6) is 0 Å². The average molecular weight is 305 g/mol. The van der Waals surface area contributed by atoms with Crippen LogP contribution in [0.3, 0.4) is 0 Å². The van der Waals surface area contributed by atoms with E-state index in [-0.39, 0.29) is 18.3 Å². The molecule has 1 aromatic rings. The Bertz CT molecular complexity index is 586. The standard InChI is InChI=1S/C16H23N3O3/c1-11-14(12-3-2-4-13(21)15(12)17-11)16(22)19-7-5-18(6-8-19)9-10-20/h17,20H,2-10H2,1H3. The highest BCUT2D eigenvalue weighted by Gasteiger charge is 2.30. The summed E-state index contributed by atoms with van der Waals surface area (Å²) in [6, 6.07) is 0. The number of piperazine rings is 1. The van der Waals surface area contributed by atoms with Gasteiger partial charge in [-0.2, -0.15) is 0 Å². The van der Waals surface area contributed by atoms with Gasteiger partial charge in [-0.3, -0.25) is 14.5 Å². The molecule has 6 heteroatoms. The first-order valence-electron chi connectivity index (χ1n) is 7.99. The van der Waals surface area contributed by atoms with E-state index in [1.807, 2.05) is 11.8 Å². The summed E-state index contributed by atoms with van der Waals surface area (Å²) in [6.07, 6.45) is 2.20. The molecule has 1 aromatic heterocycles. The second kappa shape index (κ2) is 6.22. The number of aliphatic hydroxyl groups excluding tert-OH is 1. The number of carbonyl (C=O) groups excluding carboxylic acids is 2. The van der Waals surface area contributed by atoms with Crippen molar-refractivity contribution in [1.82, 2.24) is 14.8 Å². The molecule has 6 nitrogen and oxygen atoms in total. The van der Waals surface area contributed by atoms with Gasteiger partial charge < -0.3 is 15.0 Å². The van der Waals surface area contributed by atoms with E-state index in [1.165, 1.54) is 0 Å². The lowest BCUT2D eigenvalue weighted by Gasteiger charge is -2.34. The normalized spacial score (nSPS) is 19.4. The first-order valence-corrected chi connectivity index (χ1v) is 7.99. The van der Waals surface area contributed by atoms with Crippen molar-refractivity contribution in [2.45, 2.75) is 26.2 Å². The SMILES string of the molecule is Cc1[nH]c2c(c1C(=O)N1CCN(CCO)CC1)CCCC2=O. The van der Waals surface area contributed by atoms with Crippen LogP contribution in [0.25, 0.3) is 0 Å². The highest BCUT2D eigenvalue weighted by Crippen LogP contribution is 2.28. The van der Waals surface area contributed by atoms with Gasteiger partial charge in [0.05, 0.1) is 17.9 Å². The Kier molecular flexibility index (Phi) is 4.31. The Labute approximate surface area is 130 Å². The van der Waals surface area contributed by atoms with Crippen LogP contribution >= 0.6 is 0 Å². The van der Waals surface area contributed by atoms with Crippen molar-refractivity contribution in [2.75, 3.05) is 39.3 Å². The van der Waals surface area contributed by atoms with Crippen LogP contribution in [0.15, 0.2) is 0 Å². The number of amides is 1. The third-order valence-electron chi connectivity index (χ3n) is 4.69. The summed E-state index contributed by atoms with van der Waals surface area (Å²) in [5.74, 6) is 0.157. The molecule has 120 valence electrons. The molecule has 0 bridgehead atoms. The van der Waals surface area contributed by atoms with Crippen LogP contribution in [0.1, 0.15) is 44.9 Å². The largest absolute Gasteiger partial charge is 0.395 e. The minimum atomic E-state index is 0.0355. The molecule has 2 aliphatic rings. The average Bonchev–Trinajstić information content (AvgIpc) is 2.85. The summed E-state index contributed by atoms with van der Waals surface area (Å²) in [7, 11) is 0. The predicted molar refractivity (Wildman–Crippen MR) is 82.2 cm³/mol. The van der Waals surface area contributed by atoms with Gasteiger partial charge in [-0.1, -0.05) is 0 Å². The summed E-state index contributed by atoms with van der Waals surface area (Å²) >= 11 is 0. The molecule has 3 rings (SSSR count). The van der Waals surface area contributed by atoms with Gasteiger partial charge in [-0.15, -0.1) is 0 Å². The number of ketones is 1. The van der Waals surface area contributed by atoms with Gasteiger partial charge in [0.25, 0.3) is 5.91 Å². The van der Waals surface area contributed by atoms with Gasteiger partial charge in [0.15, 0.2) is 5.78 Å². The highest BCUT2D eigenvalue weighted by molar-refractivity contribution is 6.04. The van der Waals surface area contributed by atoms with Crippen LogP contribution < -0.4 is 0 Å². The van der Waals surface area contributed by atoms with Gasteiger partial charge in [0.2, 0.25) is 0 Å². The lowest BCUT2D eigenvalue weighted by molar-refractivity contribution is 0.0613. The number of β-amino-alcohol motifs (C(OH)–C–C–N with tert-alkyl or cyclic N) is 1. The molecule has 0 aromatic carbocycles. The van der Waals surface area contributed by atoms with Gasteiger partial charge in [-0.25, -0.2) is 0 Å². The molecule has 0 spiro atoms. The fourth-order valence-corrected chi connectivity index (χ4v) is 3.48. The number of aryl methyl sites for hydroxylation is 1. The van der Waals surface area contributed by atoms with Crippen LogP contribution in [0.4, 0.5) is 0 Å². The number of nitrogens with zero attached hydrogens (tertiary/aromatic N) is 2. The van der Waals surface area contributed by atoms with E-state index in [1.54, 1.807) is 0 Å². The molecule has 0 saturated carbocycles. The minimum Gasteiger partial charge on any atom is -0.395 e. The van der Waals surface area contributed by atoms with E-state index in [0.717, 1.165) is 37.2 Å². The van der Waals surface area contributed by atoms with Gasteiger partial charge in [-0.05, 0) is 25.3 Å². The lowest BCUT2D eigenvalue weighted by Crippen LogP contribution is -2.49. The van der Waals surface area contributed by atoms with E-state index >= 15 is 0 Å². The molecule has 0 atom stereocenters. The van der Waals surface area contributed by atoms with Crippen molar-refractivity contribution >= 4 is 11.7 Å². The zero-order chi connectivity index (χ0) is 15.7. The highest BCUT2D eigenvalue weighted by atomic mass is 16.3. The number of aliphatic hydroxyl groups is 1. The second-order valence-electron chi connectivity index (χ2n) is 6.11. The molecule has 0 unspecified atom stereocenters. The van der Waals surface area contributed by atoms with Crippen molar-refractivity contribution < 1.29 is 14.7 Å². The van der Waals surface area contributed by atoms with Crippen molar-refractivity contribution in [3.63, 3.8) is 0 Å². The number of nitrogens with one attached hydrogen (secondary N) is 1. The molecule has 0 radical (unpaired) electrons. The molecule has 2 N–H and O–H groups in total. The zero-order valence-electron chi connectivity index (χ0n) is 13.0. The topological polar surface area (TPSA) is 76.6 Å². The maximum Gasteiger partial charge on any atom is 0.256 e. The number of hydrogen-bond donors (Lipinski definition) is 2. The number of aromatic amines is 1. The Morgan fingerprint density at radius 2 is 1.95 bits per heavy atom. The van der Waals surface area contributed by atoms with Crippen LogP contribution in [-0.4, -0.2) is 70.9 Å². The summed E-state index contributed by atoms with van der Waals surface area (Å²) in [4.78, 5) is 32.0. The molecule has 1 amide bonds. The maximum absolute atomic E-state index is 12.9. The predicted octanol–water partition coefficient (Wildman–Crippen LogP) is 0.592. The molecule has 2 heterocycles. The summed E-state index contributed by atoms with van der Waals surface area (Å²) < 4.78 is 0. The summed E-state index contributed by atoms with van der Waals surface area (Å²) in [6.45, 7) is 5.61. The quantitative estimate of drug-likeness (QED) is 0.857. The smallest absolute Gasteiger partial charge is 0.256 e. The number of Topliss-reactive ketones (excluding diaryl/α,β-unsaturated/α-hetero) is 1. The zero-order valence-corrected chi connectivity index (χ0v) is 13.0. The van der Waals surface area contributed by atoms with Crippen molar-refractivity contribution in [3.8, 4) is 0 Å². The number of aromatic nitrogens is 1. The molecule has 1 aliphatic heterocycles. The first kappa shape index (κ1) is 15.2. The second-order valence-corrected chi connectivity index (χ2v) is 6.11. The molecule has 1 saturated heterocycles. The van der Waals surface area contributed by atoms with Crippen LogP contribution in [0, 0.1) is 6.92 Å². The molecule has 1 aliphatic carbocycles. The third kappa shape index (κ3) is 2.68. The Balaban J connectivity index is 1.78. The lowest BCUT2D eigenvalue weighted by atomic mass is 9.93. The van der Waals surface area contributed by atoms with E-state index in [2.05, 4.69) is 9.88 Å².